The van der Waals surface area contributed by atoms with Crippen LogP contribution < -0.4 is 20.5 Å². The summed E-state index contributed by atoms with van der Waals surface area (Å²) < 4.78 is 10.5. The number of aromatic nitrogens is 4. The van der Waals surface area contributed by atoms with Crippen LogP contribution in [0.5, 0.6) is 5.75 Å². The lowest BCUT2D eigenvalue weighted by molar-refractivity contribution is 0.210. The van der Waals surface area contributed by atoms with Gasteiger partial charge in [-0.15, -0.1) is 11.3 Å². The smallest absolute Gasteiger partial charge is 0.260 e. The van der Waals surface area contributed by atoms with E-state index in [4.69, 9.17) is 19.4 Å². The summed E-state index contributed by atoms with van der Waals surface area (Å²) in [6.07, 6.45) is 2.48. The van der Waals surface area contributed by atoms with Gasteiger partial charge >= 0.3 is 0 Å². The molecular weight excluding hydrogens is 440 g/mol. The maximum Gasteiger partial charge on any atom is 0.260 e. The highest BCUT2D eigenvalue weighted by atomic mass is 32.1. The van der Waals surface area contributed by atoms with Gasteiger partial charge in [-0.05, 0) is 17.7 Å². The number of nitrogens with zero attached hydrogens (tertiary/aromatic N) is 4. The van der Waals surface area contributed by atoms with Gasteiger partial charge in [-0.2, -0.15) is 0 Å². The minimum atomic E-state index is -0.190. The highest BCUT2D eigenvalue weighted by Gasteiger charge is 2.22. The van der Waals surface area contributed by atoms with Crippen LogP contribution in [0.15, 0.2) is 40.6 Å². The van der Waals surface area contributed by atoms with E-state index in [0.29, 0.717) is 48.8 Å². The van der Waals surface area contributed by atoms with E-state index >= 15 is 0 Å². The zero-order valence-corrected chi connectivity index (χ0v) is 19.2. The molecule has 0 saturated carbocycles. The number of methoxy groups -OCH3 is 2. The molecule has 33 heavy (non-hydrogen) atoms. The summed E-state index contributed by atoms with van der Waals surface area (Å²) in [6, 6.07) is 7.67. The van der Waals surface area contributed by atoms with Crippen molar-refractivity contribution in [3.8, 4) is 16.3 Å². The first-order valence-electron chi connectivity index (χ1n) is 10.6. The molecule has 3 aromatic heterocycles. The van der Waals surface area contributed by atoms with E-state index in [1.165, 1.54) is 11.3 Å². The molecule has 0 atom stereocenters. The number of benzene rings is 1. The highest BCUT2D eigenvalue weighted by molar-refractivity contribution is 7.13. The summed E-state index contributed by atoms with van der Waals surface area (Å²) in [5.41, 5.74) is 3.30. The second kappa shape index (κ2) is 9.16. The van der Waals surface area contributed by atoms with Crippen molar-refractivity contribution < 1.29 is 9.47 Å². The molecule has 170 valence electrons. The molecule has 1 aromatic carbocycles. The minimum Gasteiger partial charge on any atom is -0.497 e. The van der Waals surface area contributed by atoms with Gasteiger partial charge in [-0.25, -0.2) is 15.0 Å². The molecule has 1 aliphatic rings. The van der Waals surface area contributed by atoms with Gasteiger partial charge in [0.05, 0.1) is 24.6 Å². The van der Waals surface area contributed by atoms with Crippen LogP contribution in [0.4, 0.5) is 11.8 Å². The average molecular weight is 465 g/mol. The molecule has 0 unspecified atom stereocenters. The molecule has 0 bridgehead atoms. The number of rotatable bonds is 7. The first kappa shape index (κ1) is 21.4. The van der Waals surface area contributed by atoms with E-state index in [9.17, 15) is 4.79 Å². The number of anilines is 2. The number of thiazole rings is 1. The maximum absolute atomic E-state index is 13.2. The molecule has 0 fully saturated rings. The third-order valence-corrected chi connectivity index (χ3v) is 6.43. The lowest BCUT2D eigenvalue weighted by atomic mass is 10.1. The molecular formula is C23H24N6O3S. The Morgan fingerprint density at radius 2 is 2.15 bits per heavy atom. The Morgan fingerprint density at radius 1 is 1.24 bits per heavy atom. The lowest BCUT2D eigenvalue weighted by Gasteiger charge is -2.29. The number of aromatic amines is 1. The molecule has 5 rings (SSSR count). The lowest BCUT2D eigenvalue weighted by Crippen LogP contribution is -2.33. The molecule has 0 amide bonds. The van der Waals surface area contributed by atoms with Crippen LogP contribution in [0.3, 0.4) is 0 Å². The van der Waals surface area contributed by atoms with Crippen molar-refractivity contribution in [3.05, 3.63) is 57.5 Å². The van der Waals surface area contributed by atoms with Crippen molar-refractivity contribution >= 4 is 34.0 Å². The third-order valence-electron chi connectivity index (χ3n) is 5.63. The third kappa shape index (κ3) is 4.27. The van der Waals surface area contributed by atoms with Gasteiger partial charge in [0.1, 0.15) is 16.6 Å². The molecule has 4 heterocycles. The Kier molecular flexibility index (Phi) is 5.93. The van der Waals surface area contributed by atoms with Crippen LogP contribution in [-0.2, 0) is 17.7 Å². The summed E-state index contributed by atoms with van der Waals surface area (Å²) in [7, 11) is 3.28. The largest absolute Gasteiger partial charge is 0.497 e. The van der Waals surface area contributed by atoms with Crippen LogP contribution in [-0.4, -0.2) is 53.9 Å². The van der Waals surface area contributed by atoms with Crippen molar-refractivity contribution in [2.75, 3.05) is 44.1 Å². The van der Waals surface area contributed by atoms with Crippen LogP contribution in [0.2, 0.25) is 0 Å². The minimum absolute atomic E-state index is 0.190. The van der Waals surface area contributed by atoms with Crippen LogP contribution in [0.1, 0.15) is 11.3 Å². The number of nitrogens with one attached hydrogen (secondary N) is 2. The van der Waals surface area contributed by atoms with Crippen molar-refractivity contribution in [1.29, 1.82) is 0 Å². The van der Waals surface area contributed by atoms with E-state index in [2.05, 4.69) is 26.3 Å². The van der Waals surface area contributed by atoms with Crippen LogP contribution in [0, 0.1) is 0 Å². The molecule has 4 aromatic rings. The van der Waals surface area contributed by atoms with Gasteiger partial charge < -0.3 is 19.7 Å². The van der Waals surface area contributed by atoms with E-state index in [-0.39, 0.29) is 5.56 Å². The quantitative estimate of drug-likeness (QED) is 0.402. The predicted molar refractivity (Wildman–Crippen MR) is 129 cm³/mol. The van der Waals surface area contributed by atoms with Crippen LogP contribution in [0.25, 0.3) is 21.5 Å². The van der Waals surface area contributed by atoms with Gasteiger partial charge in [0.2, 0.25) is 5.95 Å². The number of fused-ring (bicyclic) bond motifs is 2. The van der Waals surface area contributed by atoms with Gasteiger partial charge in [-0.1, -0.05) is 6.07 Å². The van der Waals surface area contributed by atoms with Gasteiger partial charge in [0.25, 0.3) is 5.56 Å². The Hall–Kier alpha value is -3.50. The fourth-order valence-corrected chi connectivity index (χ4v) is 4.66. The number of H-pyrrole nitrogens is 1. The summed E-state index contributed by atoms with van der Waals surface area (Å²) in [5, 5.41) is 6.42. The second-order valence-electron chi connectivity index (χ2n) is 7.69. The normalized spacial score (nSPS) is 13.2. The average Bonchev–Trinajstić information content (AvgIpc) is 3.38. The molecule has 0 saturated heterocycles. The van der Waals surface area contributed by atoms with Crippen molar-refractivity contribution in [3.63, 3.8) is 0 Å². The van der Waals surface area contributed by atoms with E-state index < -0.39 is 0 Å². The van der Waals surface area contributed by atoms with E-state index in [1.807, 2.05) is 17.5 Å². The number of pyridine rings is 1. The fraction of sp³-hybridized carbons (Fsp3) is 0.304. The summed E-state index contributed by atoms with van der Waals surface area (Å²) in [5.74, 6) is 2.02. The van der Waals surface area contributed by atoms with Crippen molar-refractivity contribution in [2.45, 2.75) is 13.0 Å². The predicted octanol–water partition coefficient (Wildman–Crippen LogP) is 3.07. The molecule has 2 N–H and O–H groups in total. The summed E-state index contributed by atoms with van der Waals surface area (Å²) in [6.45, 7) is 2.67. The molecule has 9 nitrogen and oxygen atoms in total. The molecule has 0 spiro atoms. The molecule has 0 aliphatic carbocycles. The maximum atomic E-state index is 13.2. The Bertz CT molecular complexity index is 1340. The van der Waals surface area contributed by atoms with Crippen molar-refractivity contribution in [1.82, 2.24) is 19.9 Å². The van der Waals surface area contributed by atoms with Gasteiger partial charge in [0.15, 0.2) is 0 Å². The SMILES string of the molecule is COCCNc1ccc2c(n1)CCN(c1nc3cc(OC)cc(-c4nccs4)c3c(=O)[nH]1)C2. The standard InChI is InChI=1S/C23H24N6O3S/c1-31-9-6-24-19-4-3-14-13-29(8-5-17(14)26-19)23-27-18-12-15(32-2)11-16(20(18)21(30)28-23)22-25-7-10-33-22/h3-4,7,10-12H,5-6,8-9,13H2,1-2H3,(H,24,26)(H,27,28,30). The summed E-state index contributed by atoms with van der Waals surface area (Å²) in [4.78, 5) is 32.1. The van der Waals surface area contributed by atoms with Crippen LogP contribution >= 0.6 is 11.3 Å². The topological polar surface area (TPSA) is 105 Å². The van der Waals surface area contributed by atoms with Gasteiger partial charge in [0, 0.05) is 62.1 Å². The highest BCUT2D eigenvalue weighted by Crippen LogP contribution is 2.32. The first-order valence-corrected chi connectivity index (χ1v) is 11.5. The number of ether oxygens (including phenoxy) is 2. The van der Waals surface area contributed by atoms with E-state index in [1.54, 1.807) is 26.5 Å². The zero-order chi connectivity index (χ0) is 22.8. The second-order valence-corrected chi connectivity index (χ2v) is 8.58. The fourth-order valence-electron chi connectivity index (χ4n) is 4.00. The summed E-state index contributed by atoms with van der Waals surface area (Å²) >= 11 is 1.47. The number of hydrogen-bond donors (Lipinski definition) is 2. The Labute approximate surface area is 194 Å². The van der Waals surface area contributed by atoms with Crippen molar-refractivity contribution in [2.24, 2.45) is 0 Å². The number of hydrogen-bond acceptors (Lipinski definition) is 9. The molecule has 1 aliphatic heterocycles. The molecule has 0 radical (unpaired) electrons. The monoisotopic (exact) mass is 464 g/mol. The Morgan fingerprint density at radius 3 is 2.94 bits per heavy atom. The first-order chi connectivity index (χ1) is 16.2. The van der Waals surface area contributed by atoms with E-state index in [0.717, 1.165) is 34.1 Å². The van der Waals surface area contributed by atoms with Gasteiger partial charge in [-0.3, -0.25) is 9.78 Å². The molecule has 10 heteroatoms. The Balaban J connectivity index is 1.47. The zero-order valence-electron chi connectivity index (χ0n) is 18.4.